The summed E-state index contributed by atoms with van der Waals surface area (Å²) in [5.41, 5.74) is 8.50. The molecular weight excluding hydrogens is 252 g/mol. The first kappa shape index (κ1) is 17.5. The maximum absolute atomic E-state index is 2.32. The van der Waals surface area contributed by atoms with E-state index in [0.717, 1.165) is 19.3 Å². The lowest BCUT2D eigenvalue weighted by Gasteiger charge is -2.05. The molecule has 0 saturated heterocycles. The van der Waals surface area contributed by atoms with Crippen molar-refractivity contribution in [2.75, 3.05) is 0 Å². The smallest absolute Gasteiger partial charge is 0.0307 e. The molecule has 21 heavy (non-hydrogen) atoms. The van der Waals surface area contributed by atoms with E-state index in [9.17, 15) is 0 Å². The third-order valence-corrected chi connectivity index (χ3v) is 3.70. The lowest BCUT2D eigenvalue weighted by atomic mass is 10.0. The molecule has 0 aliphatic heterocycles. The Morgan fingerprint density at radius 1 is 0.476 bits per heavy atom. The fourth-order valence-corrected chi connectivity index (χ4v) is 2.65. The van der Waals surface area contributed by atoms with Crippen LogP contribution in [-0.4, -0.2) is 0 Å². The Labute approximate surface area is 131 Å². The lowest BCUT2D eigenvalue weighted by molar-refractivity contribution is 1.04. The van der Waals surface area contributed by atoms with Crippen LogP contribution in [0.5, 0.6) is 0 Å². The van der Waals surface area contributed by atoms with E-state index in [0.29, 0.717) is 0 Å². The summed E-state index contributed by atoms with van der Waals surface area (Å²) >= 11 is 0. The highest BCUT2D eigenvalue weighted by Crippen LogP contribution is 2.12. The Bertz CT molecular complexity index is 459. The molecule has 0 radical (unpaired) electrons. The largest absolute Gasteiger partial charge is 0.0613 e. The van der Waals surface area contributed by atoms with Crippen LogP contribution in [-0.2, 0) is 19.3 Å². The Morgan fingerprint density at radius 3 is 0.905 bits per heavy atom. The van der Waals surface area contributed by atoms with E-state index in [1.807, 2.05) is 0 Å². The first-order valence-corrected chi connectivity index (χ1v) is 8.15. The van der Waals surface area contributed by atoms with Gasteiger partial charge in [-0.15, -0.1) is 0 Å². The van der Waals surface area contributed by atoms with Gasteiger partial charge in [0.2, 0.25) is 0 Å². The van der Waals surface area contributed by atoms with Crippen molar-refractivity contribution in [3.8, 4) is 0 Å². The average Bonchev–Trinajstić information content (AvgIpc) is 2.45. The highest BCUT2D eigenvalue weighted by Gasteiger charge is 1.96. The van der Waals surface area contributed by atoms with Crippen LogP contribution in [0.25, 0.3) is 0 Å². The number of hydrogen-bond donors (Lipinski definition) is 0. The van der Waals surface area contributed by atoms with Crippen molar-refractivity contribution in [3.63, 3.8) is 0 Å². The summed E-state index contributed by atoms with van der Waals surface area (Å²) in [6.07, 6.45) is 3.46. The predicted octanol–water partition coefficient (Wildman–Crippen LogP) is 5.99. The summed E-state index contributed by atoms with van der Waals surface area (Å²) in [4.78, 5) is 0. The minimum absolute atomic E-state index is 1.15. The number of aryl methyl sites for hydroxylation is 6. The highest BCUT2D eigenvalue weighted by molar-refractivity contribution is 5.30. The van der Waals surface area contributed by atoms with Gasteiger partial charge in [0, 0.05) is 0 Å². The first-order chi connectivity index (χ1) is 9.98. The van der Waals surface area contributed by atoms with E-state index in [4.69, 9.17) is 0 Å². The van der Waals surface area contributed by atoms with E-state index in [-0.39, 0.29) is 0 Å². The monoisotopic (exact) mass is 282 g/mol. The van der Waals surface area contributed by atoms with Crippen LogP contribution in [0.15, 0.2) is 36.4 Å². The molecule has 0 unspecified atom stereocenters. The van der Waals surface area contributed by atoms with Gasteiger partial charge in [-0.25, -0.2) is 0 Å². The van der Waals surface area contributed by atoms with Crippen LogP contribution >= 0.6 is 0 Å². The molecule has 0 nitrogen and oxygen atoms in total. The molecule has 0 atom stereocenters. The van der Waals surface area contributed by atoms with Gasteiger partial charge >= 0.3 is 0 Å². The third-order valence-electron chi connectivity index (χ3n) is 3.70. The van der Waals surface area contributed by atoms with Gasteiger partial charge in [-0.2, -0.15) is 0 Å². The Morgan fingerprint density at radius 2 is 0.714 bits per heavy atom. The van der Waals surface area contributed by atoms with E-state index < -0.39 is 0 Å². The van der Waals surface area contributed by atoms with Crippen LogP contribution < -0.4 is 0 Å². The summed E-state index contributed by atoms with van der Waals surface area (Å²) in [7, 11) is 0. The molecule has 2 rings (SSSR count). The zero-order chi connectivity index (χ0) is 15.8. The van der Waals surface area contributed by atoms with Gasteiger partial charge < -0.3 is 0 Å². The van der Waals surface area contributed by atoms with Crippen molar-refractivity contribution in [3.05, 3.63) is 69.8 Å². The quantitative estimate of drug-likeness (QED) is 0.649. The van der Waals surface area contributed by atoms with Gasteiger partial charge in [0.15, 0.2) is 0 Å². The van der Waals surface area contributed by atoms with Crippen LogP contribution in [0.2, 0.25) is 0 Å². The predicted molar refractivity (Wildman–Crippen MR) is 95.2 cm³/mol. The molecule has 0 heterocycles. The van der Waals surface area contributed by atoms with Crippen LogP contribution in [0.3, 0.4) is 0 Å². The molecule has 2 aromatic rings. The van der Waals surface area contributed by atoms with E-state index >= 15 is 0 Å². The summed E-state index contributed by atoms with van der Waals surface area (Å²) in [6.45, 7) is 13.0. The molecule has 0 aliphatic carbocycles. The zero-order valence-corrected chi connectivity index (χ0v) is 14.6. The fraction of sp³-hybridized carbons (Fsp3) is 0.429. The topological polar surface area (TPSA) is 0 Å². The van der Waals surface area contributed by atoms with Crippen LogP contribution in [0, 0.1) is 20.8 Å². The molecule has 0 fully saturated rings. The molecule has 0 saturated carbocycles. The average molecular weight is 282 g/mol. The van der Waals surface area contributed by atoms with Crippen molar-refractivity contribution in [2.45, 2.75) is 60.8 Å². The van der Waals surface area contributed by atoms with Gasteiger partial charge in [0.1, 0.15) is 0 Å². The number of benzene rings is 2. The first-order valence-electron chi connectivity index (χ1n) is 8.15. The second-order valence-corrected chi connectivity index (χ2v) is 5.88. The molecule has 0 amide bonds. The Balaban J connectivity index is 0.000000219. The molecular formula is C21H30. The molecule has 2 aromatic carbocycles. The van der Waals surface area contributed by atoms with E-state index in [1.54, 1.807) is 0 Å². The molecule has 0 aliphatic rings. The van der Waals surface area contributed by atoms with Crippen molar-refractivity contribution in [1.29, 1.82) is 0 Å². The summed E-state index contributed by atoms with van der Waals surface area (Å²) < 4.78 is 0. The fourth-order valence-electron chi connectivity index (χ4n) is 2.65. The highest BCUT2D eigenvalue weighted by atomic mass is 14.0. The maximum Gasteiger partial charge on any atom is -0.0307 e. The van der Waals surface area contributed by atoms with Gasteiger partial charge in [0.05, 0.1) is 0 Å². The van der Waals surface area contributed by atoms with Gasteiger partial charge in [-0.05, 0) is 56.7 Å². The zero-order valence-electron chi connectivity index (χ0n) is 14.6. The van der Waals surface area contributed by atoms with Crippen molar-refractivity contribution < 1.29 is 0 Å². The second-order valence-electron chi connectivity index (χ2n) is 5.88. The molecule has 0 bridgehead atoms. The van der Waals surface area contributed by atoms with Crippen LogP contribution in [0.4, 0.5) is 0 Å². The number of rotatable bonds is 3. The molecule has 0 aromatic heterocycles. The molecule has 0 N–H and O–H groups in total. The minimum atomic E-state index is 1.15. The van der Waals surface area contributed by atoms with Gasteiger partial charge in [-0.3, -0.25) is 0 Å². The SMILES string of the molecule is CCc1cc(CC)cc(CC)c1.Cc1cc(C)cc(C)c1. The second kappa shape index (κ2) is 8.67. The standard InChI is InChI=1S/C12H18.C9H12/c1-4-10-7-11(5-2)9-12(6-3)8-10;1-7-4-8(2)6-9(3)5-7/h7-9H,4-6H2,1-3H3;4-6H,1-3H3. The normalized spacial score (nSPS) is 10.0. The van der Waals surface area contributed by atoms with E-state index in [2.05, 4.69) is 77.9 Å². The lowest BCUT2D eigenvalue weighted by Crippen LogP contribution is -1.90. The summed E-state index contributed by atoms with van der Waals surface area (Å²) in [5.74, 6) is 0. The Hall–Kier alpha value is -1.56. The van der Waals surface area contributed by atoms with Crippen molar-refractivity contribution in [2.24, 2.45) is 0 Å². The summed E-state index contributed by atoms with van der Waals surface area (Å²) in [5, 5.41) is 0. The van der Waals surface area contributed by atoms with Crippen LogP contribution in [0.1, 0.15) is 54.2 Å². The van der Waals surface area contributed by atoms with Crippen molar-refractivity contribution >= 4 is 0 Å². The number of hydrogen-bond acceptors (Lipinski definition) is 0. The van der Waals surface area contributed by atoms with Gasteiger partial charge in [-0.1, -0.05) is 73.9 Å². The molecule has 0 heteroatoms. The molecule has 114 valence electrons. The third kappa shape index (κ3) is 6.16. The Kier molecular flexibility index (Phi) is 7.22. The molecule has 0 spiro atoms. The van der Waals surface area contributed by atoms with E-state index in [1.165, 1.54) is 33.4 Å². The van der Waals surface area contributed by atoms with Gasteiger partial charge in [0.25, 0.3) is 0 Å². The minimum Gasteiger partial charge on any atom is -0.0613 e. The summed E-state index contributed by atoms with van der Waals surface area (Å²) in [6, 6.07) is 13.5. The van der Waals surface area contributed by atoms with Crippen molar-refractivity contribution in [1.82, 2.24) is 0 Å². The maximum atomic E-state index is 2.32.